The minimum Gasteiger partial charge on any atom is -0.357 e. The van der Waals surface area contributed by atoms with E-state index in [4.69, 9.17) is 0 Å². The van der Waals surface area contributed by atoms with Crippen LogP contribution in [0.15, 0.2) is 42.5 Å². The largest absolute Gasteiger partial charge is 0.357 e. The summed E-state index contributed by atoms with van der Waals surface area (Å²) in [5.74, 6) is -2.08. The zero-order chi connectivity index (χ0) is 23.6. The lowest BCUT2D eigenvalue weighted by Gasteiger charge is -2.31. The fourth-order valence-corrected chi connectivity index (χ4v) is 4.02. The second-order valence-corrected chi connectivity index (χ2v) is 7.70. The van der Waals surface area contributed by atoms with Gasteiger partial charge >= 0.3 is 0 Å². The van der Waals surface area contributed by atoms with E-state index in [1.165, 1.54) is 16.8 Å². The number of nitrogens with one attached hydrogen (secondary N) is 2. The second-order valence-electron chi connectivity index (χ2n) is 7.70. The number of benzene rings is 1. The van der Waals surface area contributed by atoms with Gasteiger partial charge in [-0.05, 0) is 49.6 Å². The molecule has 2 aliphatic heterocycles. The third-order valence-corrected chi connectivity index (χ3v) is 5.84. The molecule has 2 aliphatic rings. The summed E-state index contributed by atoms with van der Waals surface area (Å²) in [5, 5.41) is 4.85. The number of imide groups is 1. The average molecular weight is 438 g/mol. The van der Waals surface area contributed by atoms with Crippen LogP contribution in [0.3, 0.4) is 0 Å². The van der Waals surface area contributed by atoms with E-state index in [-0.39, 0.29) is 37.1 Å². The lowest BCUT2D eigenvalue weighted by Crippen LogP contribution is -2.52. The molecule has 168 valence electrons. The molecule has 1 aromatic rings. The summed E-state index contributed by atoms with van der Waals surface area (Å²) in [4.78, 5) is 65.0. The van der Waals surface area contributed by atoms with Gasteiger partial charge in [0.2, 0.25) is 17.7 Å². The topological polar surface area (TPSA) is 116 Å². The normalized spacial score (nSPS) is 19.2. The third kappa shape index (κ3) is 4.05. The number of piperidine rings is 1. The molecule has 0 bridgehead atoms. The smallest absolute Gasteiger partial charge is 0.255 e. The van der Waals surface area contributed by atoms with Gasteiger partial charge in [-0.25, -0.2) is 0 Å². The number of nitrogens with zero attached hydrogens (tertiary/aromatic N) is 2. The Morgan fingerprint density at radius 2 is 2.03 bits per heavy atom. The van der Waals surface area contributed by atoms with Gasteiger partial charge in [-0.1, -0.05) is 18.7 Å². The molecule has 0 aromatic heterocycles. The van der Waals surface area contributed by atoms with Crippen LogP contribution in [0.5, 0.6) is 0 Å². The van der Waals surface area contributed by atoms with Crippen molar-refractivity contribution < 1.29 is 24.0 Å². The van der Waals surface area contributed by atoms with Crippen LogP contribution >= 0.6 is 0 Å². The van der Waals surface area contributed by atoms with Crippen LogP contribution in [0.25, 0.3) is 0 Å². The Morgan fingerprint density at radius 1 is 1.31 bits per heavy atom. The van der Waals surface area contributed by atoms with E-state index < -0.39 is 23.9 Å². The summed E-state index contributed by atoms with van der Waals surface area (Å²) in [6.07, 6.45) is 3.29. The van der Waals surface area contributed by atoms with Gasteiger partial charge in [0.1, 0.15) is 12.1 Å². The summed E-state index contributed by atoms with van der Waals surface area (Å²) < 4.78 is 0. The molecule has 2 unspecified atom stereocenters. The lowest BCUT2D eigenvalue weighted by atomic mass is 10.0. The Bertz CT molecular complexity index is 1040. The predicted octanol–water partition coefficient (Wildman–Crippen LogP) is 1.05. The number of likely N-dealkylation sites (N-methyl/N-ethyl adjacent to an activating group) is 1. The summed E-state index contributed by atoms with van der Waals surface area (Å²) in [5.41, 5.74) is 2.06. The molecular formula is C23H26N4O5. The fourth-order valence-electron chi connectivity index (χ4n) is 4.02. The molecule has 5 amide bonds. The maximum absolute atomic E-state index is 13.1. The quantitative estimate of drug-likeness (QED) is 0.391. The zero-order valence-corrected chi connectivity index (χ0v) is 18.3. The first-order chi connectivity index (χ1) is 15.2. The van der Waals surface area contributed by atoms with Crippen molar-refractivity contribution in [3.05, 3.63) is 53.6 Å². The van der Waals surface area contributed by atoms with Crippen LogP contribution in [0.4, 0.5) is 5.69 Å². The number of anilines is 1. The van der Waals surface area contributed by atoms with Crippen molar-refractivity contribution in [2.45, 2.75) is 45.3 Å². The fraction of sp³-hybridized carbons (Fsp3) is 0.348. The first-order valence-electron chi connectivity index (χ1n) is 10.3. The van der Waals surface area contributed by atoms with Crippen LogP contribution < -0.4 is 15.5 Å². The summed E-state index contributed by atoms with van der Waals surface area (Å²) in [6, 6.07) is 3.29. The Hall–Kier alpha value is -3.75. The van der Waals surface area contributed by atoms with Gasteiger partial charge in [0.15, 0.2) is 0 Å². The molecule has 32 heavy (non-hydrogen) atoms. The van der Waals surface area contributed by atoms with Gasteiger partial charge in [-0.2, -0.15) is 0 Å². The van der Waals surface area contributed by atoms with E-state index >= 15 is 0 Å². The molecule has 2 heterocycles. The Balaban J connectivity index is 1.99. The lowest BCUT2D eigenvalue weighted by molar-refractivity contribution is -0.137. The minimum absolute atomic E-state index is 0.167. The highest BCUT2D eigenvalue weighted by Crippen LogP contribution is 2.32. The molecule has 0 saturated carbocycles. The maximum atomic E-state index is 13.1. The van der Waals surface area contributed by atoms with Gasteiger partial charge in [-0.15, -0.1) is 0 Å². The molecule has 0 aliphatic carbocycles. The van der Waals surface area contributed by atoms with Crippen LogP contribution in [0.2, 0.25) is 0 Å². The van der Waals surface area contributed by atoms with Crippen LogP contribution in [0.1, 0.15) is 42.6 Å². The average Bonchev–Trinajstić information content (AvgIpc) is 3.11. The maximum Gasteiger partial charge on any atom is 0.255 e. The summed E-state index contributed by atoms with van der Waals surface area (Å²) in [7, 11) is 1.49. The van der Waals surface area contributed by atoms with Gasteiger partial charge in [0.05, 0.1) is 0 Å². The Labute approximate surface area is 186 Å². The van der Waals surface area contributed by atoms with Gasteiger partial charge in [0, 0.05) is 31.3 Å². The van der Waals surface area contributed by atoms with E-state index in [1.54, 1.807) is 38.1 Å². The van der Waals surface area contributed by atoms with Crippen LogP contribution in [-0.2, 0) is 25.7 Å². The molecule has 2 N–H and O–H groups in total. The van der Waals surface area contributed by atoms with E-state index in [0.29, 0.717) is 22.4 Å². The predicted molar refractivity (Wildman–Crippen MR) is 117 cm³/mol. The van der Waals surface area contributed by atoms with E-state index in [0.717, 1.165) is 6.08 Å². The van der Waals surface area contributed by atoms with Crippen LogP contribution in [-0.4, -0.2) is 53.6 Å². The van der Waals surface area contributed by atoms with Crippen molar-refractivity contribution in [2.24, 2.45) is 0 Å². The number of carbonyl (C=O) groups is 5. The molecule has 0 radical (unpaired) electrons. The molecule has 9 nitrogen and oxygen atoms in total. The molecule has 2 atom stereocenters. The molecule has 1 aromatic carbocycles. The van der Waals surface area contributed by atoms with E-state index in [1.807, 2.05) is 0 Å². The molecular weight excluding hydrogens is 412 g/mol. The van der Waals surface area contributed by atoms with Crippen molar-refractivity contribution in [3.63, 3.8) is 0 Å². The number of hydrogen-bond donors (Lipinski definition) is 2. The molecule has 1 fully saturated rings. The van der Waals surface area contributed by atoms with Gasteiger partial charge < -0.3 is 10.2 Å². The summed E-state index contributed by atoms with van der Waals surface area (Å²) in [6.45, 7) is 7.28. The van der Waals surface area contributed by atoms with Crippen molar-refractivity contribution in [1.29, 1.82) is 0 Å². The first-order valence-corrected chi connectivity index (χ1v) is 10.3. The van der Waals surface area contributed by atoms with Gasteiger partial charge in [0.25, 0.3) is 11.8 Å². The monoisotopic (exact) mass is 438 g/mol. The number of allylic oxidation sites excluding steroid dienone is 1. The van der Waals surface area contributed by atoms with E-state index in [9.17, 15) is 24.0 Å². The molecule has 1 saturated heterocycles. The SMILES string of the molecule is C=CC(=O)N(c1ccc2c(c1)C(=O)N(C1CCC(=O)NC1=O)C2)C(C(=O)NC)/C(C)=C/C. The van der Waals surface area contributed by atoms with E-state index in [2.05, 4.69) is 17.2 Å². The standard InChI is InChI=1S/C23H26N4O5/c1-5-13(3)20(22(31)24-4)27(19(29)6-2)15-8-7-14-12-26(23(32)16(14)11-15)17-9-10-18(28)25-21(17)30/h5-8,11,17,20H,2,9-10,12H2,1,3-4H3,(H,24,31)(H,25,28,30)/b13-5+. The molecule has 0 spiro atoms. The number of carbonyl (C=O) groups excluding carboxylic acids is 5. The summed E-state index contributed by atoms with van der Waals surface area (Å²) >= 11 is 0. The third-order valence-electron chi connectivity index (χ3n) is 5.84. The highest BCUT2D eigenvalue weighted by Gasteiger charge is 2.40. The van der Waals surface area contributed by atoms with Crippen LogP contribution in [0, 0.1) is 0 Å². The second kappa shape index (κ2) is 9.17. The van der Waals surface area contributed by atoms with Crippen molar-refractivity contribution in [3.8, 4) is 0 Å². The highest BCUT2D eigenvalue weighted by atomic mass is 16.2. The first kappa shape index (κ1) is 22.9. The molecule has 9 heteroatoms. The van der Waals surface area contributed by atoms with Crippen molar-refractivity contribution in [2.75, 3.05) is 11.9 Å². The number of hydrogen-bond acceptors (Lipinski definition) is 5. The zero-order valence-electron chi connectivity index (χ0n) is 18.3. The van der Waals surface area contributed by atoms with Crippen molar-refractivity contribution >= 4 is 35.2 Å². The number of rotatable bonds is 6. The molecule has 3 rings (SSSR count). The Kier molecular flexibility index (Phi) is 6.57. The highest BCUT2D eigenvalue weighted by molar-refractivity contribution is 6.09. The van der Waals surface area contributed by atoms with Gasteiger partial charge in [-0.3, -0.25) is 34.2 Å². The number of amides is 5. The Morgan fingerprint density at radius 3 is 2.62 bits per heavy atom. The minimum atomic E-state index is -0.920. The number of fused-ring (bicyclic) bond motifs is 1. The van der Waals surface area contributed by atoms with Crippen molar-refractivity contribution in [1.82, 2.24) is 15.5 Å².